The Balaban J connectivity index is 1.44. The summed E-state index contributed by atoms with van der Waals surface area (Å²) >= 11 is 12.2. The van der Waals surface area contributed by atoms with E-state index in [1.165, 1.54) is 6.08 Å². The summed E-state index contributed by atoms with van der Waals surface area (Å²) in [5.41, 5.74) is 1.41. The van der Waals surface area contributed by atoms with Crippen LogP contribution in [0.1, 0.15) is 25.0 Å². The number of imide groups is 2. The Morgan fingerprint density at radius 1 is 0.925 bits per heavy atom. The first kappa shape index (κ1) is 27.2. The summed E-state index contributed by atoms with van der Waals surface area (Å²) in [5.74, 6) is -0.515. The van der Waals surface area contributed by atoms with Crippen molar-refractivity contribution in [1.29, 1.82) is 0 Å². The topological polar surface area (TPSA) is 84.9 Å². The predicted molar refractivity (Wildman–Crippen MR) is 156 cm³/mol. The molecule has 0 saturated carbocycles. The number of urea groups is 1. The number of hydrogen-bond acceptors (Lipinski definition) is 5. The van der Waals surface area contributed by atoms with Gasteiger partial charge in [-0.25, -0.2) is 9.69 Å². The Hall–Kier alpha value is -4.33. The van der Waals surface area contributed by atoms with Gasteiger partial charge in [-0.3, -0.25) is 14.9 Å². The molecule has 4 amide bonds. The second-order valence-corrected chi connectivity index (χ2v) is 10.2. The molecule has 1 fully saturated rings. The van der Waals surface area contributed by atoms with E-state index >= 15 is 0 Å². The minimum atomic E-state index is -0.842. The van der Waals surface area contributed by atoms with Gasteiger partial charge < -0.3 is 9.47 Å². The maximum Gasteiger partial charge on any atom is 0.335 e. The first-order valence-electron chi connectivity index (χ1n) is 12.5. The van der Waals surface area contributed by atoms with E-state index in [9.17, 15) is 14.4 Å². The van der Waals surface area contributed by atoms with Crippen LogP contribution in [0.25, 0.3) is 16.8 Å². The van der Waals surface area contributed by atoms with Gasteiger partial charge in [-0.1, -0.05) is 59.6 Å². The number of carbonyl (C=O) groups excluding carboxylic acids is 3. The first-order chi connectivity index (χ1) is 19.2. The van der Waals surface area contributed by atoms with Crippen molar-refractivity contribution < 1.29 is 23.9 Å². The van der Waals surface area contributed by atoms with E-state index in [0.29, 0.717) is 27.1 Å². The van der Waals surface area contributed by atoms with Crippen molar-refractivity contribution in [2.75, 3.05) is 4.90 Å². The number of carbonyl (C=O) groups is 3. The summed E-state index contributed by atoms with van der Waals surface area (Å²) in [7, 11) is 0. The molecule has 40 heavy (non-hydrogen) atoms. The van der Waals surface area contributed by atoms with Crippen LogP contribution < -0.4 is 19.7 Å². The fraction of sp³-hybridized carbons (Fsp3) is 0.129. The van der Waals surface area contributed by atoms with Crippen molar-refractivity contribution in [2.24, 2.45) is 0 Å². The zero-order valence-electron chi connectivity index (χ0n) is 21.6. The van der Waals surface area contributed by atoms with Crippen molar-refractivity contribution in [3.05, 3.63) is 106 Å². The molecule has 0 atom stereocenters. The Labute approximate surface area is 240 Å². The Kier molecular flexibility index (Phi) is 7.78. The number of rotatable bonds is 7. The molecule has 1 aliphatic rings. The van der Waals surface area contributed by atoms with Crippen LogP contribution in [0, 0.1) is 0 Å². The molecule has 4 aromatic rings. The molecule has 1 heterocycles. The maximum absolute atomic E-state index is 13.6. The smallest absolute Gasteiger partial charge is 0.335 e. The average molecular weight is 575 g/mol. The van der Waals surface area contributed by atoms with E-state index in [4.69, 9.17) is 32.7 Å². The molecule has 4 aromatic carbocycles. The molecule has 0 bridgehead atoms. The summed E-state index contributed by atoms with van der Waals surface area (Å²) < 4.78 is 11.8. The van der Waals surface area contributed by atoms with Crippen LogP contribution in [0.2, 0.25) is 10.0 Å². The van der Waals surface area contributed by atoms with Gasteiger partial charge in [0.1, 0.15) is 23.7 Å². The number of benzene rings is 4. The molecule has 1 aliphatic heterocycles. The number of nitrogens with one attached hydrogen (secondary N) is 1. The SMILES string of the molecule is CC(C)Oc1ccc2ccccc2c1/C=C1\C(=O)NC(=O)N(c2ccc(OCc3ccc(Cl)cc3Cl)cc2)C1=O. The number of amides is 4. The number of anilines is 1. The fourth-order valence-corrected chi connectivity index (χ4v) is 4.77. The molecule has 0 unspecified atom stereocenters. The standard InChI is InChI=1S/C31H24Cl2N2O5/c1-18(2)40-28-14-8-19-5-3-4-6-24(19)25(28)16-26-29(36)34-31(38)35(30(26)37)22-10-12-23(13-11-22)39-17-20-7-9-21(32)15-27(20)33/h3-16,18H,17H2,1-2H3,(H,34,36,38)/b26-16+. The van der Waals surface area contributed by atoms with Crippen LogP contribution in [-0.4, -0.2) is 23.9 Å². The van der Waals surface area contributed by atoms with Crippen molar-refractivity contribution in [1.82, 2.24) is 5.32 Å². The van der Waals surface area contributed by atoms with Crippen molar-refractivity contribution >= 4 is 63.6 Å². The highest BCUT2D eigenvalue weighted by Crippen LogP contribution is 2.33. The van der Waals surface area contributed by atoms with Crippen LogP contribution in [0.4, 0.5) is 10.5 Å². The third-order valence-corrected chi connectivity index (χ3v) is 6.78. The van der Waals surface area contributed by atoms with Gasteiger partial charge in [0.2, 0.25) is 0 Å². The van der Waals surface area contributed by atoms with Crippen molar-refractivity contribution in [3.63, 3.8) is 0 Å². The van der Waals surface area contributed by atoms with Gasteiger partial charge in [0.15, 0.2) is 0 Å². The second-order valence-electron chi connectivity index (χ2n) is 9.34. The molecule has 1 saturated heterocycles. The minimum absolute atomic E-state index is 0.135. The lowest BCUT2D eigenvalue weighted by Crippen LogP contribution is -2.54. The van der Waals surface area contributed by atoms with Gasteiger partial charge in [-0.2, -0.15) is 0 Å². The van der Waals surface area contributed by atoms with E-state index in [2.05, 4.69) is 5.32 Å². The normalized spacial score (nSPS) is 14.7. The van der Waals surface area contributed by atoms with Crippen LogP contribution in [0.15, 0.2) is 84.4 Å². The van der Waals surface area contributed by atoms with E-state index < -0.39 is 17.8 Å². The molecule has 0 aliphatic carbocycles. The number of nitrogens with zero attached hydrogens (tertiary/aromatic N) is 1. The lowest BCUT2D eigenvalue weighted by molar-refractivity contribution is -0.122. The summed E-state index contributed by atoms with van der Waals surface area (Å²) in [6, 6.07) is 22.0. The molecule has 0 radical (unpaired) electrons. The number of hydrogen-bond donors (Lipinski definition) is 1. The number of fused-ring (bicyclic) bond motifs is 1. The van der Waals surface area contributed by atoms with Crippen molar-refractivity contribution in [2.45, 2.75) is 26.6 Å². The van der Waals surface area contributed by atoms with Gasteiger partial charge >= 0.3 is 6.03 Å². The van der Waals surface area contributed by atoms with Crippen LogP contribution >= 0.6 is 23.2 Å². The van der Waals surface area contributed by atoms with Gasteiger partial charge in [0, 0.05) is 21.2 Å². The number of barbiturate groups is 1. The van der Waals surface area contributed by atoms with Crippen molar-refractivity contribution in [3.8, 4) is 11.5 Å². The Morgan fingerprint density at radius 3 is 2.40 bits per heavy atom. The maximum atomic E-state index is 13.6. The predicted octanol–water partition coefficient (Wildman–Crippen LogP) is 7.18. The molecule has 202 valence electrons. The number of halogens is 2. The van der Waals surface area contributed by atoms with Gasteiger partial charge in [-0.15, -0.1) is 0 Å². The summed E-state index contributed by atoms with van der Waals surface area (Å²) in [4.78, 5) is 40.1. The van der Waals surface area contributed by atoms with E-state index in [0.717, 1.165) is 21.2 Å². The van der Waals surface area contributed by atoms with Gasteiger partial charge in [-0.05, 0) is 73.2 Å². The van der Waals surface area contributed by atoms with Crippen LogP contribution in [0.5, 0.6) is 11.5 Å². The Morgan fingerprint density at radius 2 is 1.68 bits per heavy atom. The molecular weight excluding hydrogens is 551 g/mol. The molecule has 0 aromatic heterocycles. The molecule has 0 spiro atoms. The summed E-state index contributed by atoms with van der Waals surface area (Å²) in [6.45, 7) is 3.98. The monoisotopic (exact) mass is 574 g/mol. The quantitative estimate of drug-likeness (QED) is 0.186. The lowest BCUT2D eigenvalue weighted by atomic mass is 9.99. The van der Waals surface area contributed by atoms with Gasteiger partial charge in [0.25, 0.3) is 11.8 Å². The molecule has 5 rings (SSSR count). The molecule has 9 heteroatoms. The minimum Gasteiger partial charge on any atom is -0.490 e. The largest absolute Gasteiger partial charge is 0.490 e. The molecule has 7 nitrogen and oxygen atoms in total. The highest BCUT2D eigenvalue weighted by atomic mass is 35.5. The fourth-order valence-electron chi connectivity index (χ4n) is 4.31. The zero-order chi connectivity index (χ0) is 28.4. The Bertz CT molecular complexity index is 1660. The average Bonchev–Trinajstić information content (AvgIpc) is 2.91. The highest BCUT2D eigenvalue weighted by Gasteiger charge is 2.37. The van der Waals surface area contributed by atoms with Gasteiger partial charge in [0.05, 0.1) is 11.8 Å². The van der Waals surface area contributed by atoms with E-state index in [-0.39, 0.29) is 24.0 Å². The lowest BCUT2D eigenvalue weighted by Gasteiger charge is -2.26. The highest BCUT2D eigenvalue weighted by molar-refractivity contribution is 6.39. The summed E-state index contributed by atoms with van der Waals surface area (Å²) in [6.07, 6.45) is 1.34. The zero-order valence-corrected chi connectivity index (χ0v) is 23.1. The molecular formula is C31H24Cl2N2O5. The number of ether oxygens (including phenoxy) is 2. The summed E-state index contributed by atoms with van der Waals surface area (Å²) in [5, 5.41) is 5.00. The van der Waals surface area contributed by atoms with E-state index in [1.807, 2.05) is 44.2 Å². The third-order valence-electron chi connectivity index (χ3n) is 6.19. The van der Waals surface area contributed by atoms with E-state index in [1.54, 1.807) is 48.5 Å². The van der Waals surface area contributed by atoms with Crippen LogP contribution in [0.3, 0.4) is 0 Å². The van der Waals surface area contributed by atoms with Crippen LogP contribution in [-0.2, 0) is 16.2 Å². The molecule has 1 N–H and O–H groups in total. The third kappa shape index (κ3) is 5.66. The second kappa shape index (κ2) is 11.4. The first-order valence-corrected chi connectivity index (χ1v) is 13.2.